The maximum Gasteiger partial charge on any atom is 0.257 e. The summed E-state index contributed by atoms with van der Waals surface area (Å²) in [5.74, 6) is -0.188. The van der Waals surface area contributed by atoms with Gasteiger partial charge >= 0.3 is 0 Å². The average Bonchev–Trinajstić information content (AvgIpc) is 2.97. The molecule has 108 valence electrons. The molecule has 2 rings (SSSR count). The average molecular weight is 294 g/mol. The van der Waals surface area contributed by atoms with Gasteiger partial charge in [0.05, 0.1) is 11.5 Å². The van der Waals surface area contributed by atoms with E-state index >= 15 is 0 Å². The standard InChI is InChI=1S/C13H18N4O2S/c1-3-14-11(18)9-4-5-17(8-9)12(19)10-6-15-13(20-2)16-7-10/h6-7,9H,3-5,8H2,1-2H3,(H,14,18)/t9-/m1/s1. The van der Waals surface area contributed by atoms with Gasteiger partial charge in [0, 0.05) is 32.0 Å². The molecular weight excluding hydrogens is 276 g/mol. The molecule has 0 unspecified atom stereocenters. The molecule has 1 fully saturated rings. The molecule has 1 saturated heterocycles. The van der Waals surface area contributed by atoms with Crippen molar-refractivity contribution >= 4 is 23.6 Å². The van der Waals surface area contributed by atoms with E-state index in [0.29, 0.717) is 36.8 Å². The molecule has 2 heterocycles. The van der Waals surface area contributed by atoms with Gasteiger partial charge in [-0.3, -0.25) is 9.59 Å². The van der Waals surface area contributed by atoms with Crippen LogP contribution in [0, 0.1) is 5.92 Å². The fraction of sp³-hybridized carbons (Fsp3) is 0.538. The second kappa shape index (κ2) is 6.69. The quantitative estimate of drug-likeness (QED) is 0.656. The Labute approximate surface area is 122 Å². The molecule has 1 N–H and O–H groups in total. The molecule has 1 aliphatic rings. The summed E-state index contributed by atoms with van der Waals surface area (Å²) in [6, 6.07) is 0. The van der Waals surface area contributed by atoms with Crippen molar-refractivity contribution in [2.75, 3.05) is 25.9 Å². The molecule has 0 aromatic carbocycles. The minimum absolute atomic E-state index is 0.0248. The molecule has 0 bridgehead atoms. The molecule has 1 aliphatic heterocycles. The number of hydrogen-bond acceptors (Lipinski definition) is 5. The molecule has 0 saturated carbocycles. The highest BCUT2D eigenvalue weighted by molar-refractivity contribution is 7.98. The number of hydrogen-bond donors (Lipinski definition) is 1. The molecule has 6 nitrogen and oxygen atoms in total. The Bertz CT molecular complexity index is 492. The third-order valence-corrected chi connectivity index (χ3v) is 3.83. The summed E-state index contributed by atoms with van der Waals surface area (Å²) in [7, 11) is 0. The van der Waals surface area contributed by atoms with Gasteiger partial charge in [-0.15, -0.1) is 0 Å². The van der Waals surface area contributed by atoms with Gasteiger partial charge in [-0.2, -0.15) is 0 Å². The van der Waals surface area contributed by atoms with Crippen molar-refractivity contribution in [2.24, 2.45) is 5.92 Å². The van der Waals surface area contributed by atoms with Crippen LogP contribution in [0.4, 0.5) is 0 Å². The van der Waals surface area contributed by atoms with Crippen LogP contribution < -0.4 is 5.32 Å². The predicted octanol–water partition coefficient (Wildman–Crippen LogP) is 0.797. The Morgan fingerprint density at radius 2 is 2.15 bits per heavy atom. The third kappa shape index (κ3) is 3.27. The smallest absolute Gasteiger partial charge is 0.257 e. The lowest BCUT2D eigenvalue weighted by molar-refractivity contribution is -0.124. The lowest BCUT2D eigenvalue weighted by atomic mass is 10.1. The van der Waals surface area contributed by atoms with E-state index in [1.807, 2.05) is 13.2 Å². The SMILES string of the molecule is CCNC(=O)[C@@H]1CCN(C(=O)c2cnc(SC)nc2)C1. The first kappa shape index (κ1) is 14.8. The van der Waals surface area contributed by atoms with Crippen LogP contribution in [0.3, 0.4) is 0 Å². The Kier molecular flexibility index (Phi) is 4.94. The van der Waals surface area contributed by atoms with Gasteiger partial charge in [-0.1, -0.05) is 11.8 Å². The first-order chi connectivity index (χ1) is 9.65. The number of amides is 2. The maximum atomic E-state index is 12.3. The number of likely N-dealkylation sites (tertiary alicyclic amines) is 1. The fourth-order valence-electron chi connectivity index (χ4n) is 2.19. The molecule has 0 radical (unpaired) electrons. The maximum absolute atomic E-state index is 12.3. The number of carbonyl (C=O) groups excluding carboxylic acids is 2. The Morgan fingerprint density at radius 3 is 2.75 bits per heavy atom. The van der Waals surface area contributed by atoms with Crippen molar-refractivity contribution in [1.82, 2.24) is 20.2 Å². The zero-order chi connectivity index (χ0) is 14.5. The summed E-state index contributed by atoms with van der Waals surface area (Å²) in [5.41, 5.74) is 0.472. The summed E-state index contributed by atoms with van der Waals surface area (Å²) < 4.78 is 0. The molecule has 20 heavy (non-hydrogen) atoms. The highest BCUT2D eigenvalue weighted by atomic mass is 32.2. The fourth-order valence-corrected chi connectivity index (χ4v) is 2.51. The van der Waals surface area contributed by atoms with Crippen molar-refractivity contribution in [1.29, 1.82) is 0 Å². The second-order valence-corrected chi connectivity index (χ2v) is 5.36. The van der Waals surface area contributed by atoms with Crippen LogP contribution in [0.2, 0.25) is 0 Å². The molecule has 7 heteroatoms. The van der Waals surface area contributed by atoms with Crippen molar-refractivity contribution in [3.05, 3.63) is 18.0 Å². The van der Waals surface area contributed by atoms with Gasteiger partial charge in [0.15, 0.2) is 5.16 Å². The van der Waals surface area contributed by atoms with Crippen LogP contribution in [-0.4, -0.2) is 52.6 Å². The van der Waals surface area contributed by atoms with Gasteiger partial charge < -0.3 is 10.2 Å². The van der Waals surface area contributed by atoms with Crippen LogP contribution in [0.5, 0.6) is 0 Å². The Hall–Kier alpha value is -1.63. The second-order valence-electron chi connectivity index (χ2n) is 4.59. The molecule has 0 aliphatic carbocycles. The first-order valence-electron chi connectivity index (χ1n) is 6.58. The highest BCUT2D eigenvalue weighted by Gasteiger charge is 2.31. The van der Waals surface area contributed by atoms with E-state index < -0.39 is 0 Å². The van der Waals surface area contributed by atoms with Crippen LogP contribution in [0.1, 0.15) is 23.7 Å². The zero-order valence-electron chi connectivity index (χ0n) is 11.6. The van der Waals surface area contributed by atoms with Gasteiger partial charge in [0.1, 0.15) is 0 Å². The Morgan fingerprint density at radius 1 is 1.45 bits per heavy atom. The Balaban J connectivity index is 1.98. The molecule has 1 atom stereocenters. The van der Waals surface area contributed by atoms with E-state index in [9.17, 15) is 9.59 Å². The van der Waals surface area contributed by atoms with Gasteiger partial charge in [0.2, 0.25) is 5.91 Å². The van der Waals surface area contributed by atoms with Crippen LogP contribution >= 0.6 is 11.8 Å². The molecule has 1 aromatic rings. The molecular formula is C13H18N4O2S. The number of thioether (sulfide) groups is 1. The van der Waals surface area contributed by atoms with E-state index in [2.05, 4.69) is 15.3 Å². The minimum atomic E-state index is -0.107. The van der Waals surface area contributed by atoms with Crippen LogP contribution in [0.15, 0.2) is 17.6 Å². The lowest BCUT2D eigenvalue weighted by Gasteiger charge is -2.16. The summed E-state index contributed by atoms with van der Waals surface area (Å²) in [5, 5.41) is 3.44. The topological polar surface area (TPSA) is 75.2 Å². The number of aromatic nitrogens is 2. The summed E-state index contributed by atoms with van der Waals surface area (Å²) in [4.78, 5) is 33.9. The summed E-state index contributed by atoms with van der Waals surface area (Å²) in [6.45, 7) is 3.58. The van der Waals surface area contributed by atoms with E-state index in [-0.39, 0.29) is 17.7 Å². The molecule has 2 amide bonds. The first-order valence-corrected chi connectivity index (χ1v) is 7.81. The van der Waals surface area contributed by atoms with E-state index in [1.165, 1.54) is 11.8 Å². The van der Waals surface area contributed by atoms with Gasteiger partial charge in [-0.25, -0.2) is 9.97 Å². The minimum Gasteiger partial charge on any atom is -0.356 e. The van der Waals surface area contributed by atoms with Crippen LogP contribution in [-0.2, 0) is 4.79 Å². The van der Waals surface area contributed by atoms with E-state index in [1.54, 1.807) is 17.3 Å². The van der Waals surface area contributed by atoms with E-state index in [0.717, 1.165) is 0 Å². The third-order valence-electron chi connectivity index (χ3n) is 3.25. The zero-order valence-corrected chi connectivity index (χ0v) is 12.4. The van der Waals surface area contributed by atoms with Crippen molar-refractivity contribution in [2.45, 2.75) is 18.5 Å². The largest absolute Gasteiger partial charge is 0.356 e. The van der Waals surface area contributed by atoms with Crippen molar-refractivity contribution in [3.8, 4) is 0 Å². The normalized spacial score (nSPS) is 18.1. The van der Waals surface area contributed by atoms with Crippen LogP contribution in [0.25, 0.3) is 0 Å². The number of rotatable bonds is 4. The van der Waals surface area contributed by atoms with Crippen molar-refractivity contribution in [3.63, 3.8) is 0 Å². The predicted molar refractivity (Wildman–Crippen MR) is 76.5 cm³/mol. The van der Waals surface area contributed by atoms with Gasteiger partial charge in [0.25, 0.3) is 5.91 Å². The van der Waals surface area contributed by atoms with E-state index in [4.69, 9.17) is 0 Å². The monoisotopic (exact) mass is 294 g/mol. The lowest BCUT2D eigenvalue weighted by Crippen LogP contribution is -2.34. The molecule has 1 aromatic heterocycles. The number of nitrogens with zero attached hydrogens (tertiary/aromatic N) is 3. The highest BCUT2D eigenvalue weighted by Crippen LogP contribution is 2.19. The number of nitrogens with one attached hydrogen (secondary N) is 1. The number of carbonyl (C=O) groups is 2. The summed E-state index contributed by atoms with van der Waals surface area (Å²) >= 11 is 1.43. The molecule has 0 spiro atoms. The van der Waals surface area contributed by atoms with Crippen molar-refractivity contribution < 1.29 is 9.59 Å². The van der Waals surface area contributed by atoms with Gasteiger partial charge in [-0.05, 0) is 19.6 Å². The summed E-state index contributed by atoms with van der Waals surface area (Å²) in [6.07, 6.45) is 5.68.